The average molecular weight is 374 g/mol. The fourth-order valence-corrected chi connectivity index (χ4v) is 3.07. The molecular weight excluding hydrogens is 355 g/mol. The van der Waals surface area contributed by atoms with Gasteiger partial charge in [-0.05, 0) is 43.3 Å². The van der Waals surface area contributed by atoms with E-state index < -0.39 is 11.8 Å². The molecule has 0 amide bonds. The first kappa shape index (κ1) is 19.6. The summed E-state index contributed by atoms with van der Waals surface area (Å²) in [5.41, 5.74) is -2.55. The number of hydrogen-bond donors (Lipinski definition) is 2. The maximum Gasteiger partial charge on any atom is 0.425 e. The first-order chi connectivity index (χ1) is 11.4. The van der Waals surface area contributed by atoms with Gasteiger partial charge in [-0.15, -0.1) is 12.4 Å². The molecule has 2 N–H and O–H groups in total. The van der Waals surface area contributed by atoms with E-state index in [1.807, 2.05) is 7.05 Å². The van der Waals surface area contributed by atoms with Gasteiger partial charge >= 0.3 is 6.18 Å². The van der Waals surface area contributed by atoms with Gasteiger partial charge in [0.2, 0.25) is 5.60 Å². The highest BCUT2D eigenvalue weighted by atomic mass is 35.5. The van der Waals surface area contributed by atoms with Crippen LogP contribution in [0.1, 0.15) is 17.5 Å². The van der Waals surface area contributed by atoms with Gasteiger partial charge in [-0.1, -0.05) is 30.3 Å². The Balaban J connectivity index is 0.00000225. The van der Waals surface area contributed by atoms with Crippen molar-refractivity contribution in [2.75, 3.05) is 20.2 Å². The second kappa shape index (κ2) is 7.23. The number of rotatable bonds is 5. The summed E-state index contributed by atoms with van der Waals surface area (Å²) in [7, 11) is 1.82. The van der Waals surface area contributed by atoms with Gasteiger partial charge in [0.15, 0.2) is 0 Å². The van der Waals surface area contributed by atoms with Crippen LogP contribution in [0.4, 0.5) is 13.2 Å². The van der Waals surface area contributed by atoms with Crippen LogP contribution in [0.5, 0.6) is 5.75 Å². The summed E-state index contributed by atoms with van der Waals surface area (Å²) in [6.45, 7) is 1.14. The number of aliphatic hydroxyl groups is 1. The highest BCUT2D eigenvalue weighted by Gasteiger charge is 2.60. The lowest BCUT2D eigenvalue weighted by atomic mass is 9.91. The van der Waals surface area contributed by atoms with Crippen LogP contribution in [-0.4, -0.2) is 31.5 Å². The number of halogens is 4. The maximum atomic E-state index is 13.7. The van der Waals surface area contributed by atoms with E-state index in [0.29, 0.717) is 23.5 Å². The number of benzene rings is 2. The first-order valence-electron chi connectivity index (χ1n) is 7.70. The molecule has 3 rings (SSSR count). The number of ether oxygens (including phenoxy) is 1. The Kier molecular flexibility index (Phi) is 5.66. The molecule has 0 fully saturated rings. The van der Waals surface area contributed by atoms with Crippen LogP contribution < -0.4 is 10.1 Å². The number of alkyl halides is 3. The van der Waals surface area contributed by atoms with Gasteiger partial charge < -0.3 is 15.2 Å². The van der Waals surface area contributed by atoms with Crippen molar-refractivity contribution in [2.45, 2.75) is 18.2 Å². The molecule has 0 bridgehead atoms. The molecule has 0 heterocycles. The Morgan fingerprint density at radius 2 is 1.76 bits per heavy atom. The molecule has 1 aliphatic rings. The third-order valence-electron chi connectivity index (χ3n) is 4.24. The summed E-state index contributed by atoms with van der Waals surface area (Å²) in [4.78, 5) is 0. The fraction of sp³-hybridized carbons (Fsp3) is 0.333. The Bertz CT molecular complexity index is 751. The normalized spacial score (nSPS) is 18.3. The van der Waals surface area contributed by atoms with Crippen LogP contribution in [-0.2, 0) is 5.60 Å². The minimum absolute atomic E-state index is 0. The largest absolute Gasteiger partial charge is 0.494 e. The highest BCUT2D eigenvalue weighted by molar-refractivity contribution is 5.85. The van der Waals surface area contributed by atoms with E-state index in [1.165, 1.54) is 18.2 Å². The van der Waals surface area contributed by atoms with Gasteiger partial charge in [0.25, 0.3) is 0 Å². The summed E-state index contributed by atoms with van der Waals surface area (Å²) in [6, 6.07) is 10.6. The maximum absolute atomic E-state index is 13.7. The van der Waals surface area contributed by atoms with Crippen molar-refractivity contribution in [1.29, 1.82) is 0 Å². The third kappa shape index (κ3) is 3.21. The van der Waals surface area contributed by atoms with Crippen LogP contribution in [0.3, 0.4) is 0 Å². The number of hydrogen-bond acceptors (Lipinski definition) is 3. The predicted octanol–water partition coefficient (Wildman–Crippen LogP) is 3.88. The van der Waals surface area contributed by atoms with Gasteiger partial charge in [-0.3, -0.25) is 0 Å². The summed E-state index contributed by atoms with van der Waals surface area (Å²) < 4.78 is 46.6. The minimum atomic E-state index is -4.82. The Morgan fingerprint density at radius 3 is 2.44 bits per heavy atom. The Hall–Kier alpha value is -1.76. The Labute approximate surface area is 150 Å². The van der Waals surface area contributed by atoms with E-state index in [1.54, 1.807) is 24.3 Å². The van der Waals surface area contributed by atoms with Crippen molar-refractivity contribution in [3.63, 3.8) is 0 Å². The molecular formula is C18H19ClF3NO2. The zero-order valence-corrected chi connectivity index (χ0v) is 14.4. The van der Waals surface area contributed by atoms with E-state index in [4.69, 9.17) is 4.74 Å². The van der Waals surface area contributed by atoms with Crippen LogP contribution in [0.15, 0.2) is 42.5 Å². The molecule has 1 unspecified atom stereocenters. The second-order valence-electron chi connectivity index (χ2n) is 5.77. The molecule has 0 spiro atoms. The van der Waals surface area contributed by atoms with Gasteiger partial charge in [0, 0.05) is 11.1 Å². The summed E-state index contributed by atoms with van der Waals surface area (Å²) in [6.07, 6.45) is -4.09. The van der Waals surface area contributed by atoms with Crippen LogP contribution in [0, 0.1) is 0 Å². The zero-order valence-electron chi connectivity index (χ0n) is 13.6. The second-order valence-corrected chi connectivity index (χ2v) is 5.77. The molecule has 0 saturated heterocycles. The first-order valence-corrected chi connectivity index (χ1v) is 7.70. The molecule has 0 aromatic heterocycles. The lowest BCUT2D eigenvalue weighted by molar-refractivity contribution is -0.246. The predicted molar refractivity (Wildman–Crippen MR) is 92.2 cm³/mol. The standard InChI is InChI=1S/C18H18F3NO2.ClH/c1-22-9-4-10-24-12-7-8-14-13-5-2-3-6-15(13)17(23,16(14)11-12)18(19,20)21;/h2-3,5-8,11,22-23H,4,9-10H2,1H3;1H. The molecule has 0 radical (unpaired) electrons. The molecule has 0 saturated carbocycles. The molecule has 1 aliphatic carbocycles. The minimum Gasteiger partial charge on any atom is -0.494 e. The third-order valence-corrected chi connectivity index (χ3v) is 4.24. The number of nitrogens with one attached hydrogen (secondary N) is 1. The smallest absolute Gasteiger partial charge is 0.425 e. The van der Waals surface area contributed by atoms with Gasteiger partial charge in [0.1, 0.15) is 5.75 Å². The van der Waals surface area contributed by atoms with Crippen molar-refractivity contribution in [1.82, 2.24) is 5.32 Å². The fourth-order valence-electron chi connectivity index (χ4n) is 3.07. The molecule has 136 valence electrons. The number of fused-ring (bicyclic) bond motifs is 3. The summed E-state index contributed by atoms with van der Waals surface area (Å²) >= 11 is 0. The van der Waals surface area contributed by atoms with Gasteiger partial charge in [-0.25, -0.2) is 0 Å². The van der Waals surface area contributed by atoms with E-state index >= 15 is 0 Å². The van der Waals surface area contributed by atoms with Crippen LogP contribution >= 0.6 is 12.4 Å². The van der Waals surface area contributed by atoms with Gasteiger partial charge in [-0.2, -0.15) is 13.2 Å². The lowest BCUT2D eigenvalue weighted by Gasteiger charge is -2.28. The molecule has 0 aliphatic heterocycles. The van der Waals surface area contributed by atoms with Gasteiger partial charge in [0.05, 0.1) is 6.61 Å². The summed E-state index contributed by atoms with van der Waals surface area (Å²) in [5, 5.41) is 13.5. The Morgan fingerprint density at radius 1 is 1.08 bits per heavy atom. The quantitative estimate of drug-likeness (QED) is 0.782. The molecule has 25 heavy (non-hydrogen) atoms. The van der Waals surface area contributed by atoms with Crippen molar-refractivity contribution < 1.29 is 23.0 Å². The monoisotopic (exact) mass is 373 g/mol. The van der Waals surface area contributed by atoms with Crippen LogP contribution in [0.25, 0.3) is 11.1 Å². The molecule has 1 atom stereocenters. The van der Waals surface area contributed by atoms with E-state index in [0.717, 1.165) is 13.0 Å². The molecule has 2 aromatic rings. The van der Waals surface area contributed by atoms with Crippen molar-refractivity contribution in [3.8, 4) is 16.9 Å². The van der Waals surface area contributed by atoms with Crippen molar-refractivity contribution >= 4 is 12.4 Å². The zero-order chi connectivity index (χ0) is 17.4. The molecule has 7 heteroatoms. The van der Waals surface area contributed by atoms with Crippen molar-refractivity contribution in [3.05, 3.63) is 53.6 Å². The van der Waals surface area contributed by atoms with E-state index in [-0.39, 0.29) is 23.5 Å². The van der Waals surface area contributed by atoms with Crippen molar-refractivity contribution in [2.24, 2.45) is 0 Å². The molecule has 3 nitrogen and oxygen atoms in total. The summed E-state index contributed by atoms with van der Waals surface area (Å²) in [5.74, 6) is 0.320. The topological polar surface area (TPSA) is 41.5 Å². The van der Waals surface area contributed by atoms with E-state index in [9.17, 15) is 18.3 Å². The SMILES string of the molecule is CNCCCOc1ccc2c(c1)C(O)(C(F)(F)F)c1ccccc1-2.Cl. The molecule has 2 aromatic carbocycles. The lowest BCUT2D eigenvalue weighted by Crippen LogP contribution is -2.41. The average Bonchev–Trinajstić information content (AvgIpc) is 2.82. The van der Waals surface area contributed by atoms with E-state index in [2.05, 4.69) is 5.32 Å². The van der Waals surface area contributed by atoms with Crippen LogP contribution in [0.2, 0.25) is 0 Å². The highest BCUT2D eigenvalue weighted by Crippen LogP contribution is 2.55.